The molecule has 1 N–H and O–H groups in total. The van der Waals surface area contributed by atoms with Crippen LogP contribution in [0.1, 0.15) is 18.2 Å². The highest BCUT2D eigenvalue weighted by Crippen LogP contribution is 2.53. The summed E-state index contributed by atoms with van der Waals surface area (Å²) in [5.74, 6) is 0. The molecule has 20 heteroatoms. The van der Waals surface area contributed by atoms with E-state index in [1.807, 2.05) is 0 Å². The zero-order chi connectivity index (χ0) is 27.0. The molecule has 2 rings (SSSR count). The van der Waals surface area contributed by atoms with Crippen LogP contribution < -0.4 is 11.2 Å². The minimum Gasteiger partial charge on any atom is -0.390 e. The molecule has 3 atom stereocenters. The molecule has 1 aromatic heterocycles. The van der Waals surface area contributed by atoms with Crippen LogP contribution in [0, 0.1) is 6.92 Å². The number of aliphatic hydroxyl groups excluding tert-OH is 1. The van der Waals surface area contributed by atoms with Gasteiger partial charge in [0.1, 0.15) is 25.5 Å². The van der Waals surface area contributed by atoms with Crippen LogP contribution in [0.4, 0.5) is 0 Å². The van der Waals surface area contributed by atoms with Gasteiger partial charge in [-0.05, 0) is 6.92 Å². The minimum absolute atomic E-state index is 0.0717. The SMILES string of the molecule is Cc1cn([C@H]2C[C@H](O)[C@@H](COP(=O)(OCC(Cl)(Cl)Cl)OCC(Cl)(Cl)Cl)O2)c(=O)n(S(C)(=O)=O)c1=O. The van der Waals surface area contributed by atoms with Crippen molar-refractivity contribution in [2.45, 2.75) is 39.4 Å². The Morgan fingerprint density at radius 3 is 2.09 bits per heavy atom. The van der Waals surface area contributed by atoms with Crippen LogP contribution in [0.25, 0.3) is 0 Å². The predicted molar refractivity (Wildman–Crippen MR) is 131 cm³/mol. The molecule has 0 spiro atoms. The third-order valence-electron chi connectivity index (χ3n) is 4.26. The van der Waals surface area contributed by atoms with E-state index in [-0.39, 0.29) is 16.0 Å². The fraction of sp³-hybridized carbons (Fsp3) is 0.733. The highest BCUT2D eigenvalue weighted by molar-refractivity contribution is 7.89. The van der Waals surface area contributed by atoms with Crippen LogP contribution >= 0.6 is 77.4 Å². The van der Waals surface area contributed by atoms with Gasteiger partial charge in [0.25, 0.3) is 5.56 Å². The summed E-state index contributed by atoms with van der Waals surface area (Å²) in [7, 11) is -8.77. The largest absolute Gasteiger partial charge is 0.475 e. The van der Waals surface area contributed by atoms with Crippen LogP contribution in [-0.2, 0) is 32.9 Å². The van der Waals surface area contributed by atoms with Crippen molar-refractivity contribution in [3.8, 4) is 0 Å². The van der Waals surface area contributed by atoms with E-state index < -0.39 is 74.9 Å². The van der Waals surface area contributed by atoms with Crippen LogP contribution in [0.15, 0.2) is 15.8 Å². The van der Waals surface area contributed by atoms with Gasteiger partial charge in [-0.25, -0.2) is 17.8 Å². The quantitative estimate of drug-likeness (QED) is 0.309. The van der Waals surface area contributed by atoms with E-state index in [1.54, 1.807) is 0 Å². The van der Waals surface area contributed by atoms with Crippen LogP contribution in [0.2, 0.25) is 0 Å². The van der Waals surface area contributed by atoms with E-state index in [0.29, 0.717) is 6.26 Å². The number of halogens is 6. The van der Waals surface area contributed by atoms with Crippen molar-refractivity contribution in [3.05, 3.63) is 32.6 Å². The van der Waals surface area contributed by atoms with Gasteiger partial charge in [-0.3, -0.25) is 22.9 Å². The maximum Gasteiger partial charge on any atom is 0.475 e. The van der Waals surface area contributed by atoms with E-state index in [0.717, 1.165) is 10.8 Å². The van der Waals surface area contributed by atoms with E-state index in [1.165, 1.54) is 6.92 Å². The summed E-state index contributed by atoms with van der Waals surface area (Å²) >= 11 is 33.5. The average molecular weight is 663 g/mol. The zero-order valence-corrected chi connectivity index (χ0v) is 24.0. The molecule has 0 radical (unpaired) electrons. The molecule has 0 bridgehead atoms. The van der Waals surface area contributed by atoms with Crippen molar-refractivity contribution < 1.29 is 36.4 Å². The fourth-order valence-electron chi connectivity index (χ4n) is 2.79. The number of rotatable bonds is 9. The Morgan fingerprint density at radius 2 is 1.63 bits per heavy atom. The number of phosphoric ester groups is 1. The van der Waals surface area contributed by atoms with Gasteiger partial charge in [-0.2, -0.15) is 3.97 Å². The topological polar surface area (TPSA) is 152 Å². The molecule has 0 saturated carbocycles. The molecular formula is C15H19Cl6N2O10PS. The van der Waals surface area contributed by atoms with Crippen molar-refractivity contribution in [2.75, 3.05) is 26.1 Å². The second kappa shape index (κ2) is 11.6. The molecule has 0 aliphatic carbocycles. The number of phosphoric acid groups is 1. The number of ether oxygens (including phenoxy) is 1. The third-order valence-corrected chi connectivity index (χ3v) is 7.26. The molecule has 1 aliphatic rings. The number of hydrogen-bond donors (Lipinski definition) is 1. The molecular weight excluding hydrogens is 644 g/mol. The van der Waals surface area contributed by atoms with Gasteiger partial charge in [-0.15, -0.1) is 0 Å². The van der Waals surface area contributed by atoms with Gasteiger partial charge in [0.2, 0.25) is 17.6 Å². The fourth-order valence-corrected chi connectivity index (χ4v) is 5.65. The maximum absolute atomic E-state index is 12.9. The lowest BCUT2D eigenvalue weighted by Crippen LogP contribution is -2.45. The second-order valence-electron chi connectivity index (χ2n) is 7.29. The first-order valence-electron chi connectivity index (χ1n) is 9.28. The molecule has 0 unspecified atom stereocenters. The van der Waals surface area contributed by atoms with E-state index in [2.05, 4.69) is 0 Å². The molecule has 0 amide bonds. The lowest BCUT2D eigenvalue weighted by atomic mass is 10.2. The summed E-state index contributed by atoms with van der Waals surface area (Å²) in [4.78, 5) is 24.8. The van der Waals surface area contributed by atoms with Gasteiger partial charge < -0.3 is 9.84 Å². The Bertz CT molecular complexity index is 1170. The molecule has 202 valence electrons. The third kappa shape index (κ3) is 9.27. The summed E-state index contributed by atoms with van der Waals surface area (Å²) in [6, 6.07) is 0. The van der Waals surface area contributed by atoms with Crippen molar-refractivity contribution in [3.63, 3.8) is 0 Å². The Morgan fingerprint density at radius 1 is 1.11 bits per heavy atom. The number of nitrogens with zero attached hydrogens (tertiary/aromatic N) is 2. The highest BCUT2D eigenvalue weighted by Gasteiger charge is 2.41. The van der Waals surface area contributed by atoms with E-state index in [9.17, 15) is 27.7 Å². The van der Waals surface area contributed by atoms with Crippen molar-refractivity contribution in [1.82, 2.24) is 8.54 Å². The number of aryl methyl sites for hydroxylation is 1. The van der Waals surface area contributed by atoms with Crippen LogP contribution in [0.5, 0.6) is 0 Å². The number of alkyl halides is 6. The van der Waals surface area contributed by atoms with Gasteiger partial charge >= 0.3 is 13.5 Å². The van der Waals surface area contributed by atoms with Crippen molar-refractivity contribution in [1.29, 1.82) is 0 Å². The Labute approximate surface area is 229 Å². The molecule has 1 aromatic rings. The second-order valence-corrected chi connectivity index (χ2v) is 15.8. The monoisotopic (exact) mass is 660 g/mol. The first-order chi connectivity index (χ1) is 15.7. The highest BCUT2D eigenvalue weighted by atomic mass is 35.6. The first kappa shape index (κ1) is 31.6. The summed E-state index contributed by atoms with van der Waals surface area (Å²) < 4.78 is 54.3. The maximum atomic E-state index is 12.9. The lowest BCUT2D eigenvalue weighted by molar-refractivity contribution is -0.0482. The van der Waals surface area contributed by atoms with Gasteiger partial charge in [0.05, 0.1) is 19.0 Å². The molecule has 1 saturated heterocycles. The number of hydrogen-bond acceptors (Lipinski definition) is 10. The molecule has 1 fully saturated rings. The van der Waals surface area contributed by atoms with Crippen molar-refractivity contribution >= 4 is 87.5 Å². The Balaban J connectivity index is 2.23. The van der Waals surface area contributed by atoms with Crippen LogP contribution in [0.3, 0.4) is 0 Å². The normalized spacial score (nSPS) is 22.0. The molecule has 12 nitrogen and oxygen atoms in total. The average Bonchev–Trinajstić information content (AvgIpc) is 3.05. The zero-order valence-electron chi connectivity index (χ0n) is 17.8. The van der Waals surface area contributed by atoms with E-state index in [4.69, 9.17) is 87.9 Å². The number of aromatic nitrogens is 2. The minimum atomic E-state index is -4.53. The number of aliphatic hydroxyl groups is 1. The van der Waals surface area contributed by atoms with Gasteiger partial charge in [-0.1, -0.05) is 69.6 Å². The first-order valence-corrected chi connectivity index (χ1v) is 14.9. The smallest absolute Gasteiger partial charge is 0.390 e. The molecule has 35 heavy (non-hydrogen) atoms. The summed E-state index contributed by atoms with van der Waals surface area (Å²) in [6.45, 7) is -0.819. The Hall–Kier alpha value is 0.400. The van der Waals surface area contributed by atoms with Gasteiger partial charge in [0, 0.05) is 18.2 Å². The van der Waals surface area contributed by atoms with E-state index >= 15 is 0 Å². The standard InChI is InChI=1S/C15H19Cl6N2O10PS/c1-8-4-22(13(26)23(12(8)25)35(2,28)29)11-3-9(24)10(33-11)5-30-34(27,31-6-14(16,17)18)32-7-15(19,20)21/h4,9-11,24H,3,5-7H2,1-2H3/t9-,10+,11+/m0/s1. The Kier molecular flexibility index (Phi) is 10.5. The van der Waals surface area contributed by atoms with Crippen molar-refractivity contribution in [2.24, 2.45) is 0 Å². The predicted octanol–water partition coefficient (Wildman–Crippen LogP) is 2.67. The summed E-state index contributed by atoms with van der Waals surface area (Å²) in [6.07, 6.45) is -2.16. The molecule has 1 aliphatic heterocycles. The lowest BCUT2D eigenvalue weighted by Gasteiger charge is -2.24. The molecule has 0 aromatic carbocycles. The summed E-state index contributed by atoms with van der Waals surface area (Å²) in [5, 5.41) is 10.4. The van der Waals surface area contributed by atoms with Gasteiger partial charge in [0.15, 0.2) is 0 Å². The molecule has 2 heterocycles. The van der Waals surface area contributed by atoms with Crippen LogP contribution in [-0.4, -0.2) is 67.9 Å². The summed E-state index contributed by atoms with van der Waals surface area (Å²) in [5.41, 5.74) is -2.30.